The van der Waals surface area contributed by atoms with Gasteiger partial charge in [-0.3, -0.25) is 9.89 Å². The Morgan fingerprint density at radius 1 is 1.00 bits per heavy atom. The lowest BCUT2D eigenvalue weighted by Gasteiger charge is -2.29. The summed E-state index contributed by atoms with van der Waals surface area (Å²) in [6, 6.07) is 10.4. The van der Waals surface area contributed by atoms with Gasteiger partial charge in [-0.1, -0.05) is 17.7 Å². The maximum Gasteiger partial charge on any atom is 0.234 e. The fraction of sp³-hybridized carbons (Fsp3) is 0.350. The van der Waals surface area contributed by atoms with Gasteiger partial charge < -0.3 is 10.2 Å². The molecule has 0 unspecified atom stereocenters. The van der Waals surface area contributed by atoms with Crippen LogP contribution in [0.4, 0.5) is 23.3 Å². The van der Waals surface area contributed by atoms with Crippen LogP contribution in [-0.4, -0.2) is 35.9 Å². The van der Waals surface area contributed by atoms with Crippen molar-refractivity contribution in [1.82, 2.24) is 9.97 Å². The number of aryl methyl sites for hydroxylation is 1. The van der Waals surface area contributed by atoms with Crippen LogP contribution >= 0.6 is 0 Å². The van der Waals surface area contributed by atoms with Crippen molar-refractivity contribution in [2.75, 3.05) is 34.9 Å². The quantitative estimate of drug-likeness (QED) is 0.909. The summed E-state index contributed by atoms with van der Waals surface area (Å²) in [5.74, 6) is 2.46. The molecule has 1 saturated heterocycles. The third-order valence-electron chi connectivity index (χ3n) is 4.65. The second-order valence-electron chi connectivity index (χ2n) is 6.73. The van der Waals surface area contributed by atoms with Crippen molar-refractivity contribution in [1.29, 1.82) is 0 Å². The summed E-state index contributed by atoms with van der Waals surface area (Å²) in [5.41, 5.74) is 2.27. The van der Waals surface area contributed by atoms with Gasteiger partial charge in [0.2, 0.25) is 5.95 Å². The molecule has 1 N–H and O–H groups in total. The zero-order chi connectivity index (χ0) is 17.8. The second-order valence-corrected chi connectivity index (χ2v) is 6.73. The SMILES string of the molecule is Cc1ccc(Nc2cc(N3CCCCC3)nc(N3C=CC=NC3)n2)cc1. The highest BCUT2D eigenvalue weighted by molar-refractivity contribution is 5.73. The number of allylic oxidation sites excluding steroid dienone is 1. The molecule has 0 amide bonds. The van der Waals surface area contributed by atoms with Crippen LogP contribution in [0, 0.1) is 6.92 Å². The molecule has 6 heteroatoms. The first kappa shape index (κ1) is 16.6. The molecule has 3 heterocycles. The van der Waals surface area contributed by atoms with Gasteiger partial charge in [0.15, 0.2) is 0 Å². The molecule has 0 atom stereocenters. The number of aromatic nitrogens is 2. The summed E-state index contributed by atoms with van der Waals surface area (Å²) in [6.07, 6.45) is 9.41. The lowest BCUT2D eigenvalue weighted by atomic mass is 10.1. The molecule has 134 valence electrons. The first-order valence-electron chi connectivity index (χ1n) is 9.19. The summed E-state index contributed by atoms with van der Waals surface area (Å²) >= 11 is 0. The van der Waals surface area contributed by atoms with E-state index in [4.69, 9.17) is 9.97 Å². The number of benzene rings is 1. The van der Waals surface area contributed by atoms with Gasteiger partial charge in [0.1, 0.15) is 18.3 Å². The van der Waals surface area contributed by atoms with E-state index >= 15 is 0 Å². The van der Waals surface area contributed by atoms with Crippen LogP contribution in [-0.2, 0) is 0 Å². The van der Waals surface area contributed by atoms with Crippen LogP contribution in [0.1, 0.15) is 24.8 Å². The zero-order valence-electron chi connectivity index (χ0n) is 15.1. The van der Waals surface area contributed by atoms with E-state index in [0.717, 1.165) is 30.4 Å². The molecule has 0 aliphatic carbocycles. The van der Waals surface area contributed by atoms with E-state index in [9.17, 15) is 0 Å². The molecular formula is C20H24N6. The molecular weight excluding hydrogens is 324 g/mol. The number of hydrogen-bond acceptors (Lipinski definition) is 6. The predicted octanol–water partition coefficient (Wildman–Crippen LogP) is 3.88. The molecule has 26 heavy (non-hydrogen) atoms. The van der Waals surface area contributed by atoms with Crippen molar-refractivity contribution in [3.8, 4) is 0 Å². The molecule has 0 bridgehead atoms. The van der Waals surface area contributed by atoms with E-state index in [1.807, 2.05) is 23.2 Å². The Labute approximate surface area is 154 Å². The van der Waals surface area contributed by atoms with Crippen LogP contribution in [0.25, 0.3) is 0 Å². The summed E-state index contributed by atoms with van der Waals surface area (Å²) in [6.45, 7) is 4.73. The van der Waals surface area contributed by atoms with E-state index in [1.165, 1.54) is 24.8 Å². The van der Waals surface area contributed by atoms with Crippen molar-refractivity contribution in [2.45, 2.75) is 26.2 Å². The minimum atomic E-state index is 0.546. The van der Waals surface area contributed by atoms with Crippen LogP contribution in [0.2, 0.25) is 0 Å². The van der Waals surface area contributed by atoms with Gasteiger partial charge >= 0.3 is 0 Å². The van der Waals surface area contributed by atoms with E-state index < -0.39 is 0 Å². The lowest BCUT2D eigenvalue weighted by Crippen LogP contribution is -2.31. The molecule has 0 spiro atoms. The molecule has 2 aliphatic heterocycles. The monoisotopic (exact) mass is 348 g/mol. The largest absolute Gasteiger partial charge is 0.356 e. The fourth-order valence-electron chi connectivity index (χ4n) is 3.20. The van der Waals surface area contributed by atoms with Gasteiger partial charge in [-0.25, -0.2) is 0 Å². The summed E-state index contributed by atoms with van der Waals surface area (Å²) in [7, 11) is 0. The summed E-state index contributed by atoms with van der Waals surface area (Å²) in [5, 5.41) is 3.42. The highest BCUT2D eigenvalue weighted by Gasteiger charge is 2.17. The standard InChI is InChI=1S/C20H24N6/c1-16-6-8-17(9-7-16)22-18-14-19(25-11-3-2-4-12-25)24-20(23-18)26-13-5-10-21-15-26/h5-10,13-14H,2-4,11-12,15H2,1H3,(H,22,23,24). The maximum atomic E-state index is 4.81. The first-order chi connectivity index (χ1) is 12.8. The summed E-state index contributed by atoms with van der Waals surface area (Å²) < 4.78 is 0. The predicted molar refractivity (Wildman–Crippen MR) is 108 cm³/mol. The van der Waals surface area contributed by atoms with Gasteiger partial charge in [0.05, 0.1) is 0 Å². The van der Waals surface area contributed by atoms with E-state index in [1.54, 1.807) is 6.21 Å². The van der Waals surface area contributed by atoms with Crippen molar-refractivity contribution in [3.05, 3.63) is 48.2 Å². The highest BCUT2D eigenvalue weighted by atomic mass is 15.3. The fourth-order valence-corrected chi connectivity index (χ4v) is 3.20. The topological polar surface area (TPSA) is 56.6 Å². The number of piperidine rings is 1. The molecule has 2 aromatic rings. The Morgan fingerprint density at radius 2 is 1.81 bits per heavy atom. The van der Waals surface area contributed by atoms with Crippen LogP contribution in [0.5, 0.6) is 0 Å². The molecule has 1 aromatic heterocycles. The zero-order valence-corrected chi connectivity index (χ0v) is 15.1. The van der Waals surface area contributed by atoms with Crippen molar-refractivity contribution < 1.29 is 0 Å². The number of aliphatic imine (C=N–C) groups is 1. The van der Waals surface area contributed by atoms with Gasteiger partial charge in [0.25, 0.3) is 0 Å². The minimum absolute atomic E-state index is 0.546. The number of hydrogen-bond donors (Lipinski definition) is 1. The summed E-state index contributed by atoms with van der Waals surface area (Å²) in [4.78, 5) is 18.2. The molecule has 1 aromatic carbocycles. The van der Waals surface area contributed by atoms with Crippen molar-refractivity contribution in [3.63, 3.8) is 0 Å². The number of anilines is 4. The Hall–Kier alpha value is -2.89. The van der Waals surface area contributed by atoms with Crippen molar-refractivity contribution >= 4 is 29.5 Å². The number of nitrogens with zero attached hydrogens (tertiary/aromatic N) is 5. The Bertz CT molecular complexity index is 806. The average molecular weight is 348 g/mol. The molecule has 4 rings (SSSR count). The Kier molecular flexibility index (Phi) is 4.82. The van der Waals surface area contributed by atoms with Crippen molar-refractivity contribution in [2.24, 2.45) is 4.99 Å². The Morgan fingerprint density at radius 3 is 2.54 bits per heavy atom. The number of rotatable bonds is 4. The average Bonchev–Trinajstić information content (AvgIpc) is 2.71. The van der Waals surface area contributed by atoms with Gasteiger partial charge in [-0.2, -0.15) is 9.97 Å². The second kappa shape index (κ2) is 7.56. The van der Waals surface area contributed by atoms with E-state index in [0.29, 0.717) is 12.6 Å². The molecule has 6 nitrogen and oxygen atoms in total. The van der Waals surface area contributed by atoms with Gasteiger partial charge in [-0.05, 0) is 44.4 Å². The normalized spacial score (nSPS) is 16.8. The van der Waals surface area contributed by atoms with E-state index in [-0.39, 0.29) is 0 Å². The van der Waals surface area contributed by atoms with Crippen LogP contribution in [0.15, 0.2) is 47.6 Å². The smallest absolute Gasteiger partial charge is 0.234 e. The third-order valence-corrected chi connectivity index (χ3v) is 4.65. The molecule has 1 fully saturated rings. The first-order valence-corrected chi connectivity index (χ1v) is 9.19. The Balaban J connectivity index is 1.65. The molecule has 0 saturated carbocycles. The van der Waals surface area contributed by atoms with Gasteiger partial charge in [-0.15, -0.1) is 0 Å². The molecule has 0 radical (unpaired) electrons. The molecule has 2 aliphatic rings. The highest BCUT2D eigenvalue weighted by Crippen LogP contribution is 2.26. The lowest BCUT2D eigenvalue weighted by molar-refractivity contribution is 0.573. The minimum Gasteiger partial charge on any atom is -0.356 e. The van der Waals surface area contributed by atoms with Crippen LogP contribution in [0.3, 0.4) is 0 Å². The number of nitrogens with one attached hydrogen (secondary N) is 1. The third kappa shape index (κ3) is 3.85. The van der Waals surface area contributed by atoms with Gasteiger partial charge in [0, 0.05) is 37.3 Å². The van der Waals surface area contributed by atoms with Crippen LogP contribution < -0.4 is 15.1 Å². The van der Waals surface area contributed by atoms with E-state index in [2.05, 4.69) is 46.4 Å². The maximum absolute atomic E-state index is 4.81.